The van der Waals surface area contributed by atoms with E-state index < -0.39 is 11.7 Å². The van der Waals surface area contributed by atoms with E-state index in [1.165, 1.54) is 6.07 Å². The van der Waals surface area contributed by atoms with Crippen LogP contribution >= 0.6 is 0 Å². The lowest BCUT2D eigenvalue weighted by Crippen LogP contribution is -2.14. The molecule has 86 valence electrons. The fraction of sp³-hybridized carbons (Fsp3) is 0.364. The van der Waals surface area contributed by atoms with E-state index >= 15 is 0 Å². The van der Waals surface area contributed by atoms with Crippen molar-refractivity contribution in [2.24, 2.45) is 0 Å². The van der Waals surface area contributed by atoms with Crippen LogP contribution in [0, 0.1) is 11.3 Å². The summed E-state index contributed by atoms with van der Waals surface area (Å²) >= 11 is 0. The van der Waals surface area contributed by atoms with Crippen molar-refractivity contribution in [2.75, 3.05) is 5.32 Å². The second-order valence-electron chi connectivity index (χ2n) is 3.49. The topological polar surface area (TPSA) is 35.8 Å². The highest BCUT2D eigenvalue weighted by Crippen LogP contribution is 2.30. The molecule has 0 saturated heterocycles. The van der Waals surface area contributed by atoms with Gasteiger partial charge in [-0.15, -0.1) is 0 Å². The lowest BCUT2D eigenvalue weighted by molar-refractivity contribution is -0.137. The number of rotatable bonds is 3. The Labute approximate surface area is 91.7 Å². The zero-order valence-corrected chi connectivity index (χ0v) is 8.67. The first-order valence-electron chi connectivity index (χ1n) is 4.74. The minimum Gasteiger partial charge on any atom is -0.382 e. The number of hydrogen-bond acceptors (Lipinski definition) is 2. The molecule has 0 saturated carbocycles. The van der Waals surface area contributed by atoms with E-state index in [9.17, 15) is 13.2 Å². The van der Waals surface area contributed by atoms with Gasteiger partial charge in [-0.2, -0.15) is 18.4 Å². The van der Waals surface area contributed by atoms with Gasteiger partial charge in [0.2, 0.25) is 0 Å². The molecule has 2 nitrogen and oxygen atoms in total. The third kappa shape index (κ3) is 3.46. The second kappa shape index (κ2) is 4.88. The summed E-state index contributed by atoms with van der Waals surface area (Å²) in [6.07, 6.45) is -4.09. The lowest BCUT2D eigenvalue weighted by Gasteiger charge is -2.13. The number of alkyl halides is 3. The van der Waals surface area contributed by atoms with Gasteiger partial charge in [0.15, 0.2) is 0 Å². The quantitative estimate of drug-likeness (QED) is 0.860. The molecule has 0 aliphatic rings. The van der Waals surface area contributed by atoms with Gasteiger partial charge in [0.1, 0.15) is 0 Å². The van der Waals surface area contributed by atoms with Crippen LogP contribution in [0.5, 0.6) is 0 Å². The number of nitrogens with one attached hydrogen (secondary N) is 1. The zero-order valence-electron chi connectivity index (χ0n) is 8.67. The SMILES string of the molecule is CC(CC#N)Nc1cccc(C(F)(F)F)c1. The van der Waals surface area contributed by atoms with Crippen molar-refractivity contribution in [1.29, 1.82) is 5.26 Å². The molecule has 0 radical (unpaired) electrons. The molecule has 16 heavy (non-hydrogen) atoms. The molecule has 1 aromatic carbocycles. The van der Waals surface area contributed by atoms with Crippen molar-refractivity contribution in [2.45, 2.75) is 25.6 Å². The minimum atomic E-state index is -4.34. The third-order valence-corrected chi connectivity index (χ3v) is 2.00. The van der Waals surface area contributed by atoms with Gasteiger partial charge in [-0.1, -0.05) is 6.07 Å². The maximum atomic E-state index is 12.4. The van der Waals surface area contributed by atoms with E-state index in [2.05, 4.69) is 5.32 Å². The van der Waals surface area contributed by atoms with Crippen molar-refractivity contribution >= 4 is 5.69 Å². The van der Waals surface area contributed by atoms with Gasteiger partial charge in [-0.25, -0.2) is 0 Å². The molecular weight excluding hydrogens is 217 g/mol. The number of nitrogens with zero attached hydrogens (tertiary/aromatic N) is 1. The van der Waals surface area contributed by atoms with E-state index in [0.717, 1.165) is 12.1 Å². The van der Waals surface area contributed by atoms with Crippen LogP contribution in [0.3, 0.4) is 0 Å². The monoisotopic (exact) mass is 228 g/mol. The smallest absolute Gasteiger partial charge is 0.382 e. The van der Waals surface area contributed by atoms with Crippen LogP contribution in [0.15, 0.2) is 24.3 Å². The van der Waals surface area contributed by atoms with Crippen LogP contribution < -0.4 is 5.32 Å². The Balaban J connectivity index is 2.80. The molecule has 0 bridgehead atoms. The maximum absolute atomic E-state index is 12.4. The first kappa shape index (κ1) is 12.4. The van der Waals surface area contributed by atoms with Crippen molar-refractivity contribution < 1.29 is 13.2 Å². The molecule has 0 spiro atoms. The molecule has 0 heterocycles. The molecule has 0 aromatic heterocycles. The summed E-state index contributed by atoms with van der Waals surface area (Å²) in [5.41, 5.74) is -0.320. The van der Waals surface area contributed by atoms with Gasteiger partial charge < -0.3 is 5.32 Å². The third-order valence-electron chi connectivity index (χ3n) is 2.00. The molecule has 0 aliphatic heterocycles. The summed E-state index contributed by atoms with van der Waals surface area (Å²) in [4.78, 5) is 0. The predicted molar refractivity (Wildman–Crippen MR) is 54.8 cm³/mol. The molecular formula is C11H11F3N2. The van der Waals surface area contributed by atoms with Gasteiger partial charge in [-0.05, 0) is 25.1 Å². The van der Waals surface area contributed by atoms with Gasteiger partial charge in [0.25, 0.3) is 0 Å². The molecule has 1 N–H and O–H groups in total. The van der Waals surface area contributed by atoms with E-state index in [1.807, 2.05) is 6.07 Å². The average molecular weight is 228 g/mol. The maximum Gasteiger partial charge on any atom is 0.416 e. The highest BCUT2D eigenvalue weighted by molar-refractivity contribution is 5.47. The number of hydrogen-bond donors (Lipinski definition) is 1. The Morgan fingerprint density at radius 2 is 2.12 bits per heavy atom. The predicted octanol–water partition coefficient (Wildman–Crippen LogP) is 3.42. The Kier molecular flexibility index (Phi) is 3.78. The summed E-state index contributed by atoms with van der Waals surface area (Å²) in [7, 11) is 0. The fourth-order valence-corrected chi connectivity index (χ4v) is 1.26. The highest BCUT2D eigenvalue weighted by atomic mass is 19.4. The van der Waals surface area contributed by atoms with E-state index in [-0.39, 0.29) is 12.5 Å². The molecule has 0 fully saturated rings. The Morgan fingerprint density at radius 3 is 2.69 bits per heavy atom. The molecule has 0 aliphatic carbocycles. The first-order valence-corrected chi connectivity index (χ1v) is 4.74. The molecule has 1 aromatic rings. The number of halogens is 3. The lowest BCUT2D eigenvalue weighted by atomic mass is 10.1. The molecule has 1 atom stereocenters. The van der Waals surface area contributed by atoms with Crippen LogP contribution in [0.25, 0.3) is 0 Å². The van der Waals surface area contributed by atoms with E-state index in [1.54, 1.807) is 13.0 Å². The summed E-state index contributed by atoms with van der Waals surface area (Å²) < 4.78 is 37.1. The Morgan fingerprint density at radius 1 is 1.44 bits per heavy atom. The average Bonchev–Trinajstić information content (AvgIpc) is 2.17. The Hall–Kier alpha value is -1.70. The van der Waals surface area contributed by atoms with Crippen LogP contribution in [-0.2, 0) is 6.18 Å². The van der Waals surface area contributed by atoms with Gasteiger partial charge in [0, 0.05) is 11.7 Å². The van der Waals surface area contributed by atoms with Crippen LogP contribution in [0.1, 0.15) is 18.9 Å². The van der Waals surface area contributed by atoms with Gasteiger partial charge >= 0.3 is 6.18 Å². The Bertz CT molecular complexity index is 393. The van der Waals surface area contributed by atoms with E-state index in [4.69, 9.17) is 5.26 Å². The normalized spacial score (nSPS) is 12.9. The fourth-order valence-electron chi connectivity index (χ4n) is 1.26. The van der Waals surface area contributed by atoms with Crippen LogP contribution in [-0.4, -0.2) is 6.04 Å². The molecule has 0 amide bonds. The van der Waals surface area contributed by atoms with Crippen LogP contribution in [0.2, 0.25) is 0 Å². The summed E-state index contributed by atoms with van der Waals surface area (Å²) in [5, 5.41) is 11.3. The number of nitriles is 1. The summed E-state index contributed by atoms with van der Waals surface area (Å²) in [5.74, 6) is 0. The van der Waals surface area contributed by atoms with Gasteiger partial charge in [0.05, 0.1) is 18.1 Å². The van der Waals surface area contributed by atoms with Crippen molar-refractivity contribution in [3.8, 4) is 6.07 Å². The van der Waals surface area contributed by atoms with Crippen LogP contribution in [0.4, 0.5) is 18.9 Å². The number of anilines is 1. The van der Waals surface area contributed by atoms with Crippen molar-refractivity contribution in [3.63, 3.8) is 0 Å². The van der Waals surface area contributed by atoms with Crippen molar-refractivity contribution in [1.82, 2.24) is 0 Å². The molecule has 5 heteroatoms. The molecule has 1 rings (SSSR count). The zero-order chi connectivity index (χ0) is 12.2. The highest BCUT2D eigenvalue weighted by Gasteiger charge is 2.30. The number of benzene rings is 1. The minimum absolute atomic E-state index is 0.173. The first-order chi connectivity index (χ1) is 7.43. The standard InChI is InChI=1S/C11H11F3N2/c1-8(5-6-15)16-10-4-2-3-9(7-10)11(12,13)14/h2-4,7-8,16H,5H2,1H3. The molecule has 1 unspecified atom stereocenters. The second-order valence-corrected chi connectivity index (χ2v) is 3.49. The summed E-state index contributed by atoms with van der Waals surface area (Å²) in [6.45, 7) is 1.74. The van der Waals surface area contributed by atoms with Crippen molar-refractivity contribution in [3.05, 3.63) is 29.8 Å². The van der Waals surface area contributed by atoms with E-state index in [0.29, 0.717) is 5.69 Å². The summed E-state index contributed by atoms with van der Waals surface area (Å²) in [6, 6.07) is 6.71. The van der Waals surface area contributed by atoms with Gasteiger partial charge in [-0.3, -0.25) is 0 Å². The largest absolute Gasteiger partial charge is 0.416 e.